The van der Waals surface area contributed by atoms with E-state index in [2.05, 4.69) is 12.2 Å². The van der Waals surface area contributed by atoms with Gasteiger partial charge < -0.3 is 10.2 Å². The first-order valence-electron chi connectivity index (χ1n) is 7.05. The van der Waals surface area contributed by atoms with E-state index in [4.69, 9.17) is 0 Å². The van der Waals surface area contributed by atoms with Gasteiger partial charge in [0, 0.05) is 25.8 Å². The highest BCUT2D eigenvalue weighted by Crippen LogP contribution is 2.33. The van der Waals surface area contributed by atoms with Gasteiger partial charge in [-0.15, -0.1) is 0 Å². The molecule has 0 spiro atoms. The SMILES string of the molecule is CCC1CCN(C(=O)c2cc(C(F)(F)F)ccc2NC)C1. The Morgan fingerprint density at radius 1 is 1.43 bits per heavy atom. The number of nitrogens with zero attached hydrogens (tertiary/aromatic N) is 1. The van der Waals surface area contributed by atoms with E-state index in [1.165, 1.54) is 6.07 Å². The lowest BCUT2D eigenvalue weighted by molar-refractivity contribution is -0.137. The number of anilines is 1. The van der Waals surface area contributed by atoms with Gasteiger partial charge in [-0.25, -0.2) is 0 Å². The maximum absolute atomic E-state index is 12.8. The Balaban J connectivity index is 2.31. The van der Waals surface area contributed by atoms with Crippen LogP contribution in [0.5, 0.6) is 0 Å². The summed E-state index contributed by atoms with van der Waals surface area (Å²) in [5.74, 6) is 0.110. The average Bonchev–Trinajstić information content (AvgIpc) is 2.93. The molecular weight excluding hydrogens is 281 g/mol. The summed E-state index contributed by atoms with van der Waals surface area (Å²) in [7, 11) is 1.60. The number of halogens is 3. The van der Waals surface area contributed by atoms with Gasteiger partial charge in [-0.05, 0) is 30.5 Å². The van der Waals surface area contributed by atoms with Gasteiger partial charge >= 0.3 is 6.18 Å². The second-order valence-electron chi connectivity index (χ2n) is 5.32. The zero-order valence-corrected chi connectivity index (χ0v) is 12.1. The molecule has 0 radical (unpaired) electrons. The van der Waals surface area contributed by atoms with Crippen molar-refractivity contribution in [1.29, 1.82) is 0 Å². The average molecular weight is 300 g/mol. The van der Waals surface area contributed by atoms with Gasteiger partial charge in [-0.2, -0.15) is 13.2 Å². The number of nitrogens with one attached hydrogen (secondary N) is 1. The molecule has 1 amide bonds. The Morgan fingerprint density at radius 2 is 2.14 bits per heavy atom. The van der Waals surface area contributed by atoms with Crippen LogP contribution in [0.15, 0.2) is 18.2 Å². The van der Waals surface area contributed by atoms with Crippen LogP contribution in [0.25, 0.3) is 0 Å². The Labute approximate surface area is 122 Å². The van der Waals surface area contributed by atoms with Gasteiger partial charge in [0.2, 0.25) is 0 Å². The molecule has 1 saturated heterocycles. The first kappa shape index (κ1) is 15.7. The number of likely N-dealkylation sites (tertiary alicyclic amines) is 1. The molecule has 21 heavy (non-hydrogen) atoms. The summed E-state index contributed by atoms with van der Waals surface area (Å²) in [6, 6.07) is 3.23. The largest absolute Gasteiger partial charge is 0.416 e. The van der Waals surface area contributed by atoms with Crippen LogP contribution in [0, 0.1) is 5.92 Å². The summed E-state index contributed by atoms with van der Waals surface area (Å²) in [6.07, 6.45) is -2.56. The number of benzene rings is 1. The third-order valence-corrected chi connectivity index (χ3v) is 4.00. The normalized spacial score (nSPS) is 18.9. The van der Waals surface area contributed by atoms with E-state index in [9.17, 15) is 18.0 Å². The van der Waals surface area contributed by atoms with Crippen LogP contribution in [-0.4, -0.2) is 30.9 Å². The third kappa shape index (κ3) is 3.31. The number of carbonyl (C=O) groups is 1. The summed E-state index contributed by atoms with van der Waals surface area (Å²) < 4.78 is 38.4. The predicted octanol–water partition coefficient (Wildman–Crippen LogP) is 3.62. The van der Waals surface area contributed by atoms with Crippen molar-refractivity contribution in [3.8, 4) is 0 Å². The highest BCUT2D eigenvalue weighted by atomic mass is 19.4. The summed E-state index contributed by atoms with van der Waals surface area (Å²) in [4.78, 5) is 14.1. The van der Waals surface area contributed by atoms with Gasteiger partial charge in [0.25, 0.3) is 5.91 Å². The van der Waals surface area contributed by atoms with Crippen LogP contribution in [-0.2, 0) is 6.18 Å². The molecule has 0 bridgehead atoms. The molecule has 1 aliphatic rings. The minimum Gasteiger partial charge on any atom is -0.387 e. The molecule has 0 saturated carbocycles. The number of alkyl halides is 3. The minimum atomic E-state index is -4.45. The lowest BCUT2D eigenvalue weighted by atomic mass is 10.1. The number of carbonyl (C=O) groups excluding carboxylic acids is 1. The topological polar surface area (TPSA) is 32.3 Å². The molecule has 1 N–H and O–H groups in total. The second-order valence-corrected chi connectivity index (χ2v) is 5.32. The fourth-order valence-electron chi connectivity index (χ4n) is 2.64. The molecule has 2 rings (SSSR count). The molecule has 3 nitrogen and oxygen atoms in total. The molecular formula is C15H19F3N2O. The molecule has 1 heterocycles. The molecule has 1 atom stereocenters. The molecule has 1 aromatic rings. The van der Waals surface area contributed by atoms with E-state index < -0.39 is 11.7 Å². The fraction of sp³-hybridized carbons (Fsp3) is 0.533. The standard InChI is InChI=1S/C15H19F3N2O/c1-3-10-6-7-20(9-10)14(21)12-8-11(15(16,17)18)4-5-13(12)19-2/h4-5,8,10,19H,3,6-7,9H2,1-2H3. The Bertz CT molecular complexity index is 528. The monoisotopic (exact) mass is 300 g/mol. The van der Waals surface area contributed by atoms with Crippen molar-refractivity contribution in [2.75, 3.05) is 25.5 Å². The van der Waals surface area contributed by atoms with Crippen LogP contribution >= 0.6 is 0 Å². The van der Waals surface area contributed by atoms with Gasteiger partial charge in [0.1, 0.15) is 0 Å². The van der Waals surface area contributed by atoms with Crippen molar-refractivity contribution in [2.24, 2.45) is 5.92 Å². The zero-order valence-electron chi connectivity index (χ0n) is 12.1. The van der Waals surface area contributed by atoms with E-state index in [-0.39, 0.29) is 11.5 Å². The molecule has 0 aliphatic carbocycles. The number of rotatable bonds is 3. The van der Waals surface area contributed by atoms with E-state index >= 15 is 0 Å². The van der Waals surface area contributed by atoms with Gasteiger partial charge in [0.05, 0.1) is 11.1 Å². The van der Waals surface area contributed by atoms with Crippen LogP contribution in [0.4, 0.5) is 18.9 Å². The highest BCUT2D eigenvalue weighted by Gasteiger charge is 2.33. The minimum absolute atomic E-state index is 0.0871. The first-order valence-corrected chi connectivity index (χ1v) is 7.05. The maximum Gasteiger partial charge on any atom is 0.416 e. The Hall–Kier alpha value is -1.72. The predicted molar refractivity (Wildman–Crippen MR) is 75.3 cm³/mol. The third-order valence-electron chi connectivity index (χ3n) is 4.00. The molecule has 1 aliphatic heterocycles. The zero-order chi connectivity index (χ0) is 15.6. The Kier molecular flexibility index (Phi) is 4.44. The van der Waals surface area contributed by atoms with Crippen LogP contribution in [0.1, 0.15) is 35.7 Å². The van der Waals surface area contributed by atoms with Crippen molar-refractivity contribution in [2.45, 2.75) is 25.9 Å². The summed E-state index contributed by atoms with van der Waals surface area (Å²) >= 11 is 0. The summed E-state index contributed by atoms with van der Waals surface area (Å²) in [6.45, 7) is 3.29. The quantitative estimate of drug-likeness (QED) is 0.924. The molecule has 1 unspecified atom stereocenters. The van der Waals surface area contributed by atoms with E-state index in [0.717, 1.165) is 25.0 Å². The van der Waals surface area contributed by atoms with Crippen LogP contribution in [0.2, 0.25) is 0 Å². The second kappa shape index (κ2) is 5.95. The molecule has 1 aromatic carbocycles. The van der Waals surface area contributed by atoms with Crippen molar-refractivity contribution in [3.05, 3.63) is 29.3 Å². The fourth-order valence-corrected chi connectivity index (χ4v) is 2.64. The molecule has 1 fully saturated rings. The summed E-state index contributed by atoms with van der Waals surface area (Å²) in [5.41, 5.74) is -0.284. The van der Waals surface area contributed by atoms with E-state index in [1.54, 1.807) is 11.9 Å². The van der Waals surface area contributed by atoms with Crippen molar-refractivity contribution in [3.63, 3.8) is 0 Å². The van der Waals surface area contributed by atoms with Crippen molar-refractivity contribution < 1.29 is 18.0 Å². The first-order chi connectivity index (χ1) is 9.86. The lowest BCUT2D eigenvalue weighted by Crippen LogP contribution is -2.29. The van der Waals surface area contributed by atoms with Gasteiger partial charge in [-0.1, -0.05) is 13.3 Å². The number of amides is 1. The molecule has 6 heteroatoms. The maximum atomic E-state index is 12.8. The molecule has 0 aromatic heterocycles. The highest BCUT2D eigenvalue weighted by molar-refractivity contribution is 6.00. The van der Waals surface area contributed by atoms with Crippen LogP contribution in [0.3, 0.4) is 0 Å². The van der Waals surface area contributed by atoms with Gasteiger partial charge in [-0.3, -0.25) is 4.79 Å². The lowest BCUT2D eigenvalue weighted by Gasteiger charge is -2.19. The smallest absolute Gasteiger partial charge is 0.387 e. The van der Waals surface area contributed by atoms with Crippen molar-refractivity contribution >= 4 is 11.6 Å². The van der Waals surface area contributed by atoms with E-state index in [1.807, 2.05) is 0 Å². The molecule has 116 valence electrons. The van der Waals surface area contributed by atoms with E-state index in [0.29, 0.717) is 24.7 Å². The van der Waals surface area contributed by atoms with Crippen LogP contribution < -0.4 is 5.32 Å². The van der Waals surface area contributed by atoms with Crippen molar-refractivity contribution in [1.82, 2.24) is 4.90 Å². The Morgan fingerprint density at radius 3 is 2.67 bits per heavy atom. The number of hydrogen-bond donors (Lipinski definition) is 1. The summed E-state index contributed by atoms with van der Waals surface area (Å²) in [5, 5.41) is 2.79. The number of hydrogen-bond acceptors (Lipinski definition) is 2. The van der Waals surface area contributed by atoms with Gasteiger partial charge in [0.15, 0.2) is 0 Å².